The van der Waals surface area contributed by atoms with Gasteiger partial charge in [0, 0.05) is 31.7 Å². The summed E-state index contributed by atoms with van der Waals surface area (Å²) in [7, 11) is 0. The second-order valence-electron chi connectivity index (χ2n) is 10.5. The van der Waals surface area contributed by atoms with Gasteiger partial charge >= 0.3 is 11.9 Å². The van der Waals surface area contributed by atoms with E-state index in [1.54, 1.807) is 0 Å². The Morgan fingerprint density at radius 2 is 1.25 bits per heavy atom. The average Bonchev–Trinajstić information content (AvgIpc) is 3.49. The maximum atomic E-state index is 12.3. The van der Waals surface area contributed by atoms with E-state index < -0.39 is 17.5 Å². The first kappa shape index (κ1) is 31.6. The van der Waals surface area contributed by atoms with Crippen molar-refractivity contribution in [1.82, 2.24) is 10.6 Å². The van der Waals surface area contributed by atoms with Crippen LogP contribution >= 0.6 is 0 Å². The molecule has 0 heterocycles. The Bertz CT molecular complexity index is 723. The average molecular weight is 509 g/mol. The summed E-state index contributed by atoms with van der Waals surface area (Å²) < 4.78 is 0. The third-order valence-corrected chi connectivity index (χ3v) is 6.93. The van der Waals surface area contributed by atoms with Crippen molar-refractivity contribution in [2.24, 2.45) is 5.92 Å². The molecule has 1 unspecified atom stereocenters. The lowest BCUT2D eigenvalue weighted by Crippen LogP contribution is -2.45. The molecule has 206 valence electrons. The number of carboxylic acid groups (broad SMARTS) is 2. The lowest BCUT2D eigenvalue weighted by Gasteiger charge is -2.15. The topological polar surface area (TPSA) is 133 Å². The fourth-order valence-electron chi connectivity index (χ4n) is 4.60. The molecule has 0 saturated heterocycles. The summed E-state index contributed by atoms with van der Waals surface area (Å²) in [4.78, 5) is 46.7. The van der Waals surface area contributed by atoms with Crippen molar-refractivity contribution in [2.75, 3.05) is 6.54 Å². The largest absolute Gasteiger partial charge is 0.481 e. The van der Waals surface area contributed by atoms with Crippen molar-refractivity contribution in [1.29, 1.82) is 0 Å². The van der Waals surface area contributed by atoms with Gasteiger partial charge in [0.15, 0.2) is 0 Å². The molecule has 1 saturated carbocycles. The van der Waals surface area contributed by atoms with E-state index in [0.717, 1.165) is 63.4 Å². The smallest absolute Gasteiger partial charge is 0.329 e. The van der Waals surface area contributed by atoms with E-state index in [1.165, 1.54) is 32.1 Å². The van der Waals surface area contributed by atoms with Crippen molar-refractivity contribution < 1.29 is 29.4 Å². The van der Waals surface area contributed by atoms with E-state index in [2.05, 4.69) is 17.2 Å². The Hall–Kier alpha value is -2.38. The zero-order chi connectivity index (χ0) is 26.8. The summed E-state index contributed by atoms with van der Waals surface area (Å²) in [5, 5.41) is 23.8. The first-order valence-corrected chi connectivity index (χ1v) is 13.8. The molecule has 0 radical (unpaired) electrons. The molecule has 1 rings (SSSR count). The van der Waals surface area contributed by atoms with Crippen LogP contribution in [-0.4, -0.2) is 46.0 Å². The first-order chi connectivity index (χ1) is 17.2. The van der Waals surface area contributed by atoms with E-state index in [-0.39, 0.29) is 30.6 Å². The number of nitrogens with one attached hydrogen (secondary N) is 2. The highest BCUT2D eigenvalue weighted by Gasteiger charge is 2.61. The third-order valence-electron chi connectivity index (χ3n) is 6.93. The minimum atomic E-state index is -1.29. The van der Waals surface area contributed by atoms with Crippen molar-refractivity contribution in [3.05, 3.63) is 12.2 Å². The van der Waals surface area contributed by atoms with E-state index >= 15 is 0 Å². The molecule has 36 heavy (non-hydrogen) atoms. The molecule has 8 heteroatoms. The van der Waals surface area contributed by atoms with Crippen molar-refractivity contribution >= 4 is 23.8 Å². The third kappa shape index (κ3) is 14.2. The highest BCUT2D eigenvalue weighted by atomic mass is 16.4. The van der Waals surface area contributed by atoms with Crippen LogP contribution in [0.25, 0.3) is 0 Å². The van der Waals surface area contributed by atoms with Gasteiger partial charge in [-0.2, -0.15) is 0 Å². The summed E-state index contributed by atoms with van der Waals surface area (Å²) in [6.45, 7) is 6.31. The van der Waals surface area contributed by atoms with Gasteiger partial charge in [-0.1, -0.05) is 69.8 Å². The Morgan fingerprint density at radius 1 is 0.750 bits per heavy atom. The van der Waals surface area contributed by atoms with E-state index in [0.29, 0.717) is 19.4 Å². The molecule has 2 amide bonds. The van der Waals surface area contributed by atoms with Crippen LogP contribution < -0.4 is 10.6 Å². The van der Waals surface area contributed by atoms with E-state index in [9.17, 15) is 24.3 Å². The van der Waals surface area contributed by atoms with Crippen molar-refractivity contribution in [3.63, 3.8) is 0 Å². The predicted molar refractivity (Wildman–Crippen MR) is 141 cm³/mol. The SMILES string of the molecule is C=C(C)CCCNC(=O)C[C@@H]1CC1(NC(=O)CCCCCCCCCCCCCCC(=O)O)C(=O)O. The molecule has 2 atom stereocenters. The van der Waals surface area contributed by atoms with Crippen LogP contribution in [0.4, 0.5) is 0 Å². The molecular weight excluding hydrogens is 460 g/mol. The normalized spacial score (nSPS) is 18.4. The Balaban J connectivity index is 2.05. The lowest BCUT2D eigenvalue weighted by molar-refractivity contribution is -0.143. The zero-order valence-corrected chi connectivity index (χ0v) is 22.2. The second kappa shape index (κ2) is 18.0. The van der Waals surface area contributed by atoms with Gasteiger partial charge in [0.1, 0.15) is 5.54 Å². The molecule has 0 aromatic carbocycles. The molecule has 8 nitrogen and oxygen atoms in total. The molecule has 1 fully saturated rings. The van der Waals surface area contributed by atoms with Crippen LogP contribution in [-0.2, 0) is 19.2 Å². The van der Waals surface area contributed by atoms with Crippen molar-refractivity contribution in [3.8, 4) is 0 Å². The Labute approximate surface area is 216 Å². The molecule has 0 spiro atoms. The number of allylic oxidation sites excluding steroid dienone is 1. The standard InChI is InChI=1S/C28H48N2O6/c1-22(2)16-15-19-29-25(32)20-23-21-28(23,27(35)36)30-24(31)17-13-11-9-7-5-3-4-6-8-10-12-14-18-26(33)34/h23H,1,3-21H2,2H3,(H,29,32)(H,30,31)(H,33,34)(H,35,36)/t23-,28?/m1/s1. The minimum absolute atomic E-state index is 0.115. The highest BCUT2D eigenvalue weighted by Crippen LogP contribution is 2.46. The van der Waals surface area contributed by atoms with Crippen LogP contribution in [0.3, 0.4) is 0 Å². The number of aliphatic carboxylic acids is 2. The van der Waals surface area contributed by atoms with Gasteiger partial charge in [-0.15, -0.1) is 6.58 Å². The fraction of sp³-hybridized carbons (Fsp3) is 0.786. The van der Waals surface area contributed by atoms with Crippen LogP contribution in [0.1, 0.15) is 122 Å². The maximum Gasteiger partial charge on any atom is 0.329 e. The van der Waals surface area contributed by atoms with Gasteiger partial charge in [-0.3, -0.25) is 14.4 Å². The summed E-state index contributed by atoms with van der Waals surface area (Å²) in [5.74, 6) is -2.54. The Morgan fingerprint density at radius 3 is 1.72 bits per heavy atom. The molecular formula is C28H48N2O6. The molecule has 1 aliphatic rings. The summed E-state index contributed by atoms with van der Waals surface area (Å²) in [5.41, 5.74) is -0.226. The number of rotatable bonds is 23. The number of carbonyl (C=O) groups is 4. The lowest BCUT2D eigenvalue weighted by atomic mass is 10.0. The summed E-state index contributed by atoms with van der Waals surface area (Å²) >= 11 is 0. The molecule has 0 aromatic heterocycles. The highest BCUT2D eigenvalue weighted by molar-refractivity contribution is 5.91. The van der Waals surface area contributed by atoms with Crippen LogP contribution in [0.5, 0.6) is 0 Å². The second-order valence-corrected chi connectivity index (χ2v) is 10.5. The quantitative estimate of drug-likeness (QED) is 0.109. The summed E-state index contributed by atoms with van der Waals surface area (Å²) in [6.07, 6.45) is 15.4. The van der Waals surface area contributed by atoms with Gasteiger partial charge in [-0.05, 0) is 39.0 Å². The summed E-state index contributed by atoms with van der Waals surface area (Å²) in [6, 6.07) is 0. The van der Waals surface area contributed by atoms with Gasteiger partial charge < -0.3 is 20.8 Å². The van der Waals surface area contributed by atoms with Crippen LogP contribution in [0, 0.1) is 5.92 Å². The number of hydrogen-bond donors (Lipinski definition) is 4. The van der Waals surface area contributed by atoms with Gasteiger partial charge in [0.25, 0.3) is 0 Å². The van der Waals surface area contributed by atoms with Gasteiger partial charge in [-0.25, -0.2) is 4.79 Å². The molecule has 0 bridgehead atoms. The van der Waals surface area contributed by atoms with Gasteiger partial charge in [0.05, 0.1) is 0 Å². The molecule has 0 aromatic rings. The number of amides is 2. The molecule has 0 aliphatic heterocycles. The fourth-order valence-corrected chi connectivity index (χ4v) is 4.60. The number of hydrogen-bond acceptors (Lipinski definition) is 4. The number of unbranched alkanes of at least 4 members (excludes halogenated alkanes) is 11. The first-order valence-electron chi connectivity index (χ1n) is 13.8. The zero-order valence-electron chi connectivity index (χ0n) is 22.2. The minimum Gasteiger partial charge on any atom is -0.481 e. The van der Waals surface area contributed by atoms with Crippen molar-refractivity contribution in [2.45, 2.75) is 128 Å². The van der Waals surface area contributed by atoms with E-state index in [4.69, 9.17) is 5.11 Å². The number of carbonyl (C=O) groups excluding carboxylic acids is 2. The van der Waals surface area contributed by atoms with Crippen LogP contribution in [0.15, 0.2) is 12.2 Å². The monoisotopic (exact) mass is 508 g/mol. The van der Waals surface area contributed by atoms with Gasteiger partial charge in [0.2, 0.25) is 11.8 Å². The molecule has 1 aliphatic carbocycles. The maximum absolute atomic E-state index is 12.3. The number of carboxylic acids is 2. The van der Waals surface area contributed by atoms with Crippen LogP contribution in [0.2, 0.25) is 0 Å². The molecule has 4 N–H and O–H groups in total. The Kier molecular flexibility index (Phi) is 15.8. The van der Waals surface area contributed by atoms with E-state index in [1.807, 2.05) is 6.92 Å². The predicted octanol–water partition coefficient (Wildman–Crippen LogP) is 5.35.